The molecule has 1 saturated carbocycles. The van der Waals surface area contributed by atoms with Crippen LogP contribution in [-0.2, 0) is 27.3 Å². The lowest BCUT2D eigenvalue weighted by atomic mass is 9.85. The number of carbonyl (C=O) groups excluding carboxylic acids is 2. The molecule has 2 N–H and O–H groups in total. The molecule has 0 radical (unpaired) electrons. The van der Waals surface area contributed by atoms with Crippen molar-refractivity contribution in [2.24, 2.45) is 11.8 Å². The lowest BCUT2D eigenvalue weighted by Gasteiger charge is -2.38. The summed E-state index contributed by atoms with van der Waals surface area (Å²) in [6, 6.07) is 7.46. The van der Waals surface area contributed by atoms with Crippen LogP contribution in [0.15, 0.2) is 24.3 Å². The number of hydrogen-bond donors (Lipinski definition) is 2. The average molecular weight is 386 g/mol. The van der Waals surface area contributed by atoms with E-state index in [9.17, 15) is 14.4 Å². The van der Waals surface area contributed by atoms with Gasteiger partial charge in [-0.3, -0.25) is 14.4 Å². The molecule has 2 amide bonds. The number of carbonyl (C=O) groups is 3. The maximum atomic E-state index is 13.1. The molecule has 6 nitrogen and oxygen atoms in total. The van der Waals surface area contributed by atoms with E-state index in [1.165, 1.54) is 0 Å². The van der Waals surface area contributed by atoms with Crippen molar-refractivity contribution in [3.05, 3.63) is 35.4 Å². The molecule has 3 rings (SSSR count). The molecule has 1 unspecified atom stereocenters. The molecule has 0 aromatic heterocycles. The highest BCUT2D eigenvalue weighted by molar-refractivity contribution is 5.88. The summed E-state index contributed by atoms with van der Waals surface area (Å²) >= 11 is 0. The maximum absolute atomic E-state index is 13.1. The second kappa shape index (κ2) is 8.76. The zero-order chi connectivity index (χ0) is 20.3. The van der Waals surface area contributed by atoms with Crippen molar-refractivity contribution < 1.29 is 19.5 Å². The van der Waals surface area contributed by atoms with E-state index < -0.39 is 12.0 Å². The van der Waals surface area contributed by atoms with Gasteiger partial charge >= 0.3 is 5.97 Å². The minimum atomic E-state index is -0.751. The van der Waals surface area contributed by atoms with Crippen molar-refractivity contribution in [1.82, 2.24) is 10.2 Å². The van der Waals surface area contributed by atoms with Crippen LogP contribution in [-0.4, -0.2) is 39.9 Å². The van der Waals surface area contributed by atoms with Crippen LogP contribution < -0.4 is 5.32 Å². The molecule has 1 aliphatic carbocycles. The molecule has 152 valence electrons. The number of nitrogens with zero attached hydrogens (tertiary/aromatic N) is 1. The van der Waals surface area contributed by atoms with Gasteiger partial charge in [0.2, 0.25) is 11.8 Å². The first-order valence-electron chi connectivity index (χ1n) is 10.2. The molecule has 1 heterocycles. The molecule has 6 heteroatoms. The van der Waals surface area contributed by atoms with Crippen LogP contribution >= 0.6 is 0 Å². The number of hydrogen-bond acceptors (Lipinski definition) is 3. The molecule has 1 atom stereocenters. The fourth-order valence-electron chi connectivity index (χ4n) is 4.27. The van der Waals surface area contributed by atoms with Crippen molar-refractivity contribution in [3.8, 4) is 0 Å². The predicted molar refractivity (Wildman–Crippen MR) is 105 cm³/mol. The Bertz CT molecular complexity index is 738. The normalized spacial score (nSPS) is 24.5. The predicted octanol–water partition coefficient (Wildman–Crippen LogP) is 2.75. The lowest BCUT2D eigenvalue weighted by molar-refractivity contribution is -0.144. The number of nitrogens with one attached hydrogen (secondary N) is 1. The lowest BCUT2D eigenvalue weighted by Crippen LogP contribution is -2.54. The van der Waals surface area contributed by atoms with E-state index in [1.807, 2.05) is 38.1 Å². The average Bonchev–Trinajstić information content (AvgIpc) is 2.66. The summed E-state index contributed by atoms with van der Waals surface area (Å²) in [4.78, 5) is 38.7. The van der Waals surface area contributed by atoms with E-state index in [-0.39, 0.29) is 29.7 Å². The van der Waals surface area contributed by atoms with E-state index >= 15 is 0 Å². The minimum absolute atomic E-state index is 0.0117. The highest BCUT2D eigenvalue weighted by atomic mass is 16.4. The fraction of sp³-hybridized carbons (Fsp3) is 0.591. The van der Waals surface area contributed by atoms with Crippen molar-refractivity contribution in [1.29, 1.82) is 0 Å². The van der Waals surface area contributed by atoms with Crippen LogP contribution in [0.25, 0.3) is 0 Å². The van der Waals surface area contributed by atoms with E-state index in [0.717, 1.165) is 11.1 Å². The number of aliphatic carboxylic acids is 1. The van der Waals surface area contributed by atoms with Gasteiger partial charge in [0.1, 0.15) is 6.04 Å². The van der Waals surface area contributed by atoms with Crippen LogP contribution in [0, 0.1) is 11.8 Å². The topological polar surface area (TPSA) is 86.7 Å². The highest BCUT2D eigenvalue weighted by Gasteiger charge is 2.36. The van der Waals surface area contributed by atoms with Gasteiger partial charge in [0.25, 0.3) is 0 Å². The van der Waals surface area contributed by atoms with Crippen molar-refractivity contribution in [3.63, 3.8) is 0 Å². The zero-order valence-corrected chi connectivity index (χ0v) is 16.7. The van der Waals surface area contributed by atoms with E-state index in [4.69, 9.17) is 5.11 Å². The third-order valence-corrected chi connectivity index (χ3v) is 5.88. The summed E-state index contributed by atoms with van der Waals surface area (Å²) in [5.41, 5.74) is 2.22. The molecule has 1 aromatic rings. The van der Waals surface area contributed by atoms with E-state index in [1.54, 1.807) is 4.90 Å². The summed E-state index contributed by atoms with van der Waals surface area (Å²) < 4.78 is 0. The molecule has 0 saturated heterocycles. The third-order valence-electron chi connectivity index (χ3n) is 5.88. The summed E-state index contributed by atoms with van der Waals surface area (Å²) in [5.74, 6) is -0.928. The van der Waals surface area contributed by atoms with Crippen molar-refractivity contribution >= 4 is 17.8 Å². The first-order chi connectivity index (χ1) is 13.3. The number of rotatable bonds is 5. The Hall–Kier alpha value is -2.37. The van der Waals surface area contributed by atoms with Gasteiger partial charge in [-0.2, -0.15) is 0 Å². The molecule has 1 aliphatic heterocycles. The van der Waals surface area contributed by atoms with Crippen LogP contribution in [0.5, 0.6) is 0 Å². The van der Waals surface area contributed by atoms with Gasteiger partial charge in [0.15, 0.2) is 0 Å². The third kappa shape index (κ3) is 4.72. The number of carboxylic acids is 1. The van der Waals surface area contributed by atoms with Crippen LogP contribution in [0.3, 0.4) is 0 Å². The van der Waals surface area contributed by atoms with Crippen molar-refractivity contribution in [2.75, 3.05) is 0 Å². The summed E-state index contributed by atoms with van der Waals surface area (Å²) in [5, 5.41) is 12.2. The molecular weight excluding hydrogens is 356 g/mol. The number of benzene rings is 1. The van der Waals surface area contributed by atoms with E-state index in [2.05, 4.69) is 5.32 Å². The fourth-order valence-corrected chi connectivity index (χ4v) is 4.27. The second-order valence-corrected chi connectivity index (χ2v) is 8.50. The van der Waals surface area contributed by atoms with Gasteiger partial charge in [-0.25, -0.2) is 0 Å². The van der Waals surface area contributed by atoms with Crippen LogP contribution in [0.2, 0.25) is 0 Å². The first-order valence-corrected chi connectivity index (χ1v) is 10.2. The second-order valence-electron chi connectivity index (χ2n) is 8.50. The van der Waals surface area contributed by atoms with Crippen molar-refractivity contribution in [2.45, 2.75) is 71.0 Å². The Balaban J connectivity index is 1.70. The molecule has 28 heavy (non-hydrogen) atoms. The monoisotopic (exact) mass is 386 g/mol. The smallest absolute Gasteiger partial charge is 0.306 e. The van der Waals surface area contributed by atoms with Gasteiger partial charge < -0.3 is 15.3 Å². The van der Waals surface area contributed by atoms with Gasteiger partial charge in [0, 0.05) is 25.4 Å². The number of carboxylic acid groups (broad SMARTS) is 1. The summed E-state index contributed by atoms with van der Waals surface area (Å²) in [6.07, 6.45) is 3.47. The van der Waals surface area contributed by atoms with Gasteiger partial charge in [0.05, 0.1) is 5.92 Å². The Morgan fingerprint density at radius 2 is 1.75 bits per heavy atom. The molecule has 1 aromatic carbocycles. The molecule has 2 aliphatic rings. The summed E-state index contributed by atoms with van der Waals surface area (Å²) in [7, 11) is 0. The highest BCUT2D eigenvalue weighted by Crippen LogP contribution is 2.27. The number of fused-ring (bicyclic) bond motifs is 1. The van der Waals surface area contributed by atoms with Crippen LogP contribution in [0.4, 0.5) is 0 Å². The molecule has 0 spiro atoms. The van der Waals surface area contributed by atoms with Gasteiger partial charge in [-0.1, -0.05) is 38.1 Å². The van der Waals surface area contributed by atoms with Gasteiger partial charge in [-0.15, -0.1) is 0 Å². The Morgan fingerprint density at radius 1 is 1.11 bits per heavy atom. The zero-order valence-electron chi connectivity index (χ0n) is 16.7. The quantitative estimate of drug-likeness (QED) is 0.815. The SMILES string of the molecule is CC(C)CC(=O)N1Cc2ccccc2CC1C(=O)NC1CCC(C(=O)O)CC1. The first kappa shape index (κ1) is 20.4. The summed E-state index contributed by atoms with van der Waals surface area (Å²) in [6.45, 7) is 4.48. The van der Waals surface area contributed by atoms with Crippen LogP contribution in [0.1, 0.15) is 57.1 Å². The molecule has 1 fully saturated rings. The molecular formula is C22H30N2O4. The Morgan fingerprint density at radius 3 is 2.36 bits per heavy atom. The van der Waals surface area contributed by atoms with Gasteiger partial charge in [-0.05, 0) is 42.7 Å². The number of amides is 2. The maximum Gasteiger partial charge on any atom is 0.306 e. The standard InChI is InChI=1S/C22H30N2O4/c1-14(2)11-20(25)24-13-17-6-4-3-5-16(17)12-19(24)21(26)23-18-9-7-15(8-10-18)22(27)28/h3-6,14-15,18-19H,7-13H2,1-2H3,(H,23,26)(H,27,28). The largest absolute Gasteiger partial charge is 0.481 e. The molecule has 0 bridgehead atoms. The Kier molecular flexibility index (Phi) is 6.37. The minimum Gasteiger partial charge on any atom is -0.481 e. The Labute approximate surface area is 166 Å². The van der Waals surface area contributed by atoms with E-state index in [0.29, 0.717) is 45.1 Å².